The van der Waals surface area contributed by atoms with E-state index in [0.29, 0.717) is 0 Å². The number of amides is 1. The van der Waals surface area contributed by atoms with E-state index in [1.165, 1.54) is 24.2 Å². The summed E-state index contributed by atoms with van der Waals surface area (Å²) in [5, 5.41) is 0. The lowest BCUT2D eigenvalue weighted by Crippen LogP contribution is -2.28. The normalized spacial score (nSPS) is 10.3. The van der Waals surface area contributed by atoms with E-state index < -0.39 is 17.5 Å². The molecule has 6 heteroatoms. The molecule has 1 aromatic carbocycles. The average Bonchev–Trinajstić information content (AvgIpc) is 2.41. The summed E-state index contributed by atoms with van der Waals surface area (Å²) in [5.41, 5.74) is 6.25. The van der Waals surface area contributed by atoms with Crippen molar-refractivity contribution in [1.29, 1.82) is 0 Å². The minimum Gasteiger partial charge on any atom is -0.397 e. The number of halogens is 2. The van der Waals surface area contributed by atoms with Crippen LogP contribution in [-0.2, 0) is 6.54 Å². The highest BCUT2D eigenvalue weighted by Gasteiger charge is 2.17. The topological polar surface area (TPSA) is 59.2 Å². The summed E-state index contributed by atoms with van der Waals surface area (Å²) in [6.45, 7) is 0.000953. The number of pyridine rings is 1. The first-order valence-corrected chi connectivity index (χ1v) is 5.89. The van der Waals surface area contributed by atoms with E-state index >= 15 is 0 Å². The number of rotatable bonds is 3. The van der Waals surface area contributed by atoms with Gasteiger partial charge in [0.15, 0.2) is 5.69 Å². The van der Waals surface area contributed by atoms with Crippen molar-refractivity contribution < 1.29 is 13.6 Å². The molecule has 2 rings (SSSR count). The maximum Gasteiger partial charge on any atom is 0.274 e. The Balaban J connectivity index is 2.18. The second kappa shape index (κ2) is 5.64. The van der Waals surface area contributed by atoms with Crippen LogP contribution in [0.2, 0.25) is 0 Å². The molecule has 104 valence electrons. The molecule has 2 aromatic rings. The van der Waals surface area contributed by atoms with Gasteiger partial charge in [-0.25, -0.2) is 13.8 Å². The van der Waals surface area contributed by atoms with Gasteiger partial charge in [0.2, 0.25) is 0 Å². The maximum atomic E-state index is 13.5. The van der Waals surface area contributed by atoms with Gasteiger partial charge in [0.05, 0.1) is 5.69 Å². The Morgan fingerprint density at radius 3 is 2.75 bits per heavy atom. The van der Waals surface area contributed by atoms with Gasteiger partial charge in [0.1, 0.15) is 11.6 Å². The van der Waals surface area contributed by atoms with E-state index in [2.05, 4.69) is 4.98 Å². The van der Waals surface area contributed by atoms with Crippen LogP contribution in [0.15, 0.2) is 36.5 Å². The fourth-order valence-corrected chi connectivity index (χ4v) is 1.75. The zero-order valence-electron chi connectivity index (χ0n) is 10.8. The van der Waals surface area contributed by atoms with Gasteiger partial charge in [-0.05, 0) is 18.2 Å². The van der Waals surface area contributed by atoms with Crippen LogP contribution in [0, 0.1) is 11.6 Å². The van der Waals surface area contributed by atoms with Gasteiger partial charge in [-0.15, -0.1) is 0 Å². The van der Waals surface area contributed by atoms with Crippen LogP contribution in [0.4, 0.5) is 14.5 Å². The van der Waals surface area contributed by atoms with Gasteiger partial charge in [0.25, 0.3) is 5.91 Å². The lowest BCUT2D eigenvalue weighted by molar-refractivity contribution is 0.0779. The molecule has 1 heterocycles. The quantitative estimate of drug-likeness (QED) is 0.935. The molecule has 0 saturated heterocycles. The van der Waals surface area contributed by atoms with E-state index in [1.807, 2.05) is 0 Å². The number of hydrogen-bond acceptors (Lipinski definition) is 3. The molecule has 0 atom stereocenters. The largest absolute Gasteiger partial charge is 0.397 e. The molecule has 0 saturated carbocycles. The summed E-state index contributed by atoms with van der Waals surface area (Å²) in [6.07, 6.45) is 1.45. The first kappa shape index (κ1) is 13.9. The third-order valence-corrected chi connectivity index (χ3v) is 2.81. The monoisotopic (exact) mass is 277 g/mol. The Bertz CT molecular complexity index is 646. The second-order valence-electron chi connectivity index (χ2n) is 4.34. The Labute approximate surface area is 114 Å². The summed E-state index contributed by atoms with van der Waals surface area (Å²) in [5.74, 6) is -1.78. The van der Waals surface area contributed by atoms with Crippen LogP contribution < -0.4 is 5.73 Å². The number of nitrogens with zero attached hydrogens (tertiary/aromatic N) is 2. The van der Waals surface area contributed by atoms with Crippen molar-refractivity contribution in [2.75, 3.05) is 12.8 Å². The number of aromatic nitrogens is 1. The van der Waals surface area contributed by atoms with Gasteiger partial charge in [-0.2, -0.15) is 0 Å². The van der Waals surface area contributed by atoms with Crippen molar-refractivity contribution in [2.24, 2.45) is 0 Å². The zero-order chi connectivity index (χ0) is 14.7. The number of nitrogen functional groups attached to an aromatic ring is 1. The summed E-state index contributed by atoms with van der Waals surface area (Å²) in [4.78, 5) is 17.3. The highest BCUT2D eigenvalue weighted by molar-refractivity contribution is 5.96. The lowest BCUT2D eigenvalue weighted by atomic mass is 10.2. The van der Waals surface area contributed by atoms with E-state index in [0.717, 1.165) is 12.1 Å². The van der Waals surface area contributed by atoms with Gasteiger partial charge >= 0.3 is 0 Å². The molecule has 0 spiro atoms. The van der Waals surface area contributed by atoms with Crippen molar-refractivity contribution in [3.8, 4) is 0 Å². The van der Waals surface area contributed by atoms with Crippen molar-refractivity contribution >= 4 is 11.6 Å². The summed E-state index contributed by atoms with van der Waals surface area (Å²) in [6, 6.07) is 6.41. The van der Waals surface area contributed by atoms with Crippen LogP contribution in [-0.4, -0.2) is 22.8 Å². The average molecular weight is 277 g/mol. The molecule has 20 heavy (non-hydrogen) atoms. The highest BCUT2D eigenvalue weighted by atomic mass is 19.1. The number of benzene rings is 1. The third kappa shape index (κ3) is 2.90. The van der Waals surface area contributed by atoms with Crippen molar-refractivity contribution in [3.05, 3.63) is 59.4 Å². The predicted octanol–water partition coefficient (Wildman–Crippen LogP) is 2.21. The number of carbonyl (C=O) groups excluding carboxylic acids is 1. The highest BCUT2D eigenvalue weighted by Crippen LogP contribution is 2.15. The van der Waals surface area contributed by atoms with Crippen LogP contribution in [0.25, 0.3) is 0 Å². The molecule has 0 aliphatic heterocycles. The maximum absolute atomic E-state index is 13.5. The van der Waals surface area contributed by atoms with Crippen molar-refractivity contribution in [1.82, 2.24) is 9.88 Å². The van der Waals surface area contributed by atoms with E-state index in [4.69, 9.17) is 5.73 Å². The minimum absolute atomic E-state index is 0.000953. The molecular weight excluding hydrogens is 264 g/mol. The second-order valence-corrected chi connectivity index (χ2v) is 4.34. The minimum atomic E-state index is -0.696. The Morgan fingerprint density at radius 1 is 1.35 bits per heavy atom. The summed E-state index contributed by atoms with van der Waals surface area (Å²) >= 11 is 0. The van der Waals surface area contributed by atoms with Gasteiger partial charge < -0.3 is 10.6 Å². The molecule has 0 unspecified atom stereocenters. The van der Waals surface area contributed by atoms with Crippen LogP contribution >= 0.6 is 0 Å². The van der Waals surface area contributed by atoms with E-state index in [9.17, 15) is 13.6 Å². The SMILES string of the molecule is CN(Cc1ccc(F)cc1F)C(=O)c1ncccc1N. The fourth-order valence-electron chi connectivity index (χ4n) is 1.75. The molecule has 4 nitrogen and oxygen atoms in total. The molecule has 0 fully saturated rings. The van der Waals surface area contributed by atoms with Crippen molar-refractivity contribution in [2.45, 2.75) is 6.54 Å². The molecule has 0 aliphatic carbocycles. The fraction of sp³-hybridized carbons (Fsp3) is 0.143. The van der Waals surface area contributed by atoms with Crippen LogP contribution in [0.5, 0.6) is 0 Å². The molecular formula is C14H13F2N3O. The molecule has 1 amide bonds. The Morgan fingerprint density at radius 2 is 2.10 bits per heavy atom. The molecule has 0 aliphatic rings. The van der Waals surface area contributed by atoms with E-state index in [1.54, 1.807) is 12.1 Å². The van der Waals surface area contributed by atoms with Crippen LogP contribution in [0.1, 0.15) is 16.1 Å². The molecule has 1 aromatic heterocycles. The molecule has 0 bridgehead atoms. The summed E-state index contributed by atoms with van der Waals surface area (Å²) in [7, 11) is 1.50. The Hall–Kier alpha value is -2.50. The predicted molar refractivity (Wildman–Crippen MR) is 70.8 cm³/mol. The number of anilines is 1. The number of carbonyl (C=O) groups is 1. The smallest absolute Gasteiger partial charge is 0.274 e. The molecule has 0 radical (unpaired) electrons. The van der Waals surface area contributed by atoms with E-state index in [-0.39, 0.29) is 23.5 Å². The van der Waals surface area contributed by atoms with Crippen molar-refractivity contribution in [3.63, 3.8) is 0 Å². The first-order chi connectivity index (χ1) is 9.49. The summed E-state index contributed by atoms with van der Waals surface area (Å²) < 4.78 is 26.4. The molecule has 2 N–H and O–H groups in total. The number of nitrogens with two attached hydrogens (primary N) is 1. The van der Waals surface area contributed by atoms with Gasteiger partial charge in [-0.1, -0.05) is 6.07 Å². The van der Waals surface area contributed by atoms with Gasteiger partial charge in [0, 0.05) is 31.4 Å². The third-order valence-electron chi connectivity index (χ3n) is 2.81. The lowest BCUT2D eigenvalue weighted by Gasteiger charge is -2.18. The van der Waals surface area contributed by atoms with Crippen LogP contribution in [0.3, 0.4) is 0 Å². The van der Waals surface area contributed by atoms with Gasteiger partial charge in [-0.3, -0.25) is 4.79 Å². The first-order valence-electron chi connectivity index (χ1n) is 5.89. The Kier molecular flexibility index (Phi) is 3.93. The zero-order valence-corrected chi connectivity index (χ0v) is 10.8. The standard InChI is InChI=1S/C14H13F2N3O/c1-19(8-9-4-5-10(15)7-11(9)16)14(20)13-12(17)3-2-6-18-13/h2-7H,8,17H2,1H3. The number of hydrogen-bond donors (Lipinski definition) is 1.